The molecule has 0 aliphatic rings. The van der Waals surface area contributed by atoms with Crippen LogP contribution in [-0.4, -0.2) is 26.5 Å². The van der Waals surface area contributed by atoms with Crippen LogP contribution in [-0.2, 0) is 18.4 Å². The Labute approximate surface area is 143 Å². The highest BCUT2D eigenvalue weighted by Crippen LogP contribution is 2.15. The van der Waals surface area contributed by atoms with E-state index < -0.39 is 0 Å². The van der Waals surface area contributed by atoms with Crippen LogP contribution >= 0.6 is 0 Å². The van der Waals surface area contributed by atoms with E-state index in [1.807, 2.05) is 29.9 Å². The molecule has 0 aliphatic heterocycles. The van der Waals surface area contributed by atoms with Gasteiger partial charge < -0.3 is 19.7 Å². The molecule has 0 saturated heterocycles. The predicted octanol–water partition coefficient (Wildman–Crippen LogP) is 1.96. The first-order chi connectivity index (χ1) is 12.0. The highest BCUT2D eigenvalue weighted by Gasteiger charge is 2.13. The summed E-state index contributed by atoms with van der Waals surface area (Å²) in [4.78, 5) is 27.6. The molecule has 8 nitrogen and oxygen atoms in total. The van der Waals surface area contributed by atoms with E-state index in [2.05, 4.69) is 20.8 Å². The third-order valence-corrected chi connectivity index (χ3v) is 3.49. The maximum atomic E-state index is 12.2. The van der Waals surface area contributed by atoms with E-state index in [0.717, 1.165) is 5.69 Å². The number of hydrogen-bond acceptors (Lipinski definition) is 5. The van der Waals surface area contributed by atoms with Gasteiger partial charge in [0.15, 0.2) is 0 Å². The molecule has 0 atom stereocenters. The molecular weight excluding hydrogens is 322 g/mol. The van der Waals surface area contributed by atoms with Gasteiger partial charge in [-0.25, -0.2) is 0 Å². The van der Waals surface area contributed by atoms with Gasteiger partial charge in [-0.15, -0.1) is 0 Å². The summed E-state index contributed by atoms with van der Waals surface area (Å²) in [7, 11) is 1.88. The zero-order valence-corrected chi connectivity index (χ0v) is 13.8. The average molecular weight is 339 g/mol. The molecule has 0 saturated carbocycles. The third-order valence-electron chi connectivity index (χ3n) is 3.49. The second-order valence-corrected chi connectivity index (χ2v) is 5.46. The number of benzene rings is 1. The Morgan fingerprint density at radius 3 is 2.80 bits per heavy atom. The van der Waals surface area contributed by atoms with E-state index in [4.69, 9.17) is 4.52 Å². The second-order valence-electron chi connectivity index (χ2n) is 5.46. The second kappa shape index (κ2) is 7.00. The lowest BCUT2D eigenvalue weighted by atomic mass is 10.2. The van der Waals surface area contributed by atoms with Crippen molar-refractivity contribution in [1.82, 2.24) is 20.0 Å². The van der Waals surface area contributed by atoms with E-state index in [-0.39, 0.29) is 18.4 Å². The van der Waals surface area contributed by atoms with E-state index in [1.54, 1.807) is 24.3 Å². The van der Waals surface area contributed by atoms with Crippen molar-refractivity contribution in [1.29, 1.82) is 0 Å². The first-order valence-corrected chi connectivity index (χ1v) is 7.63. The quantitative estimate of drug-likeness (QED) is 0.740. The molecule has 0 spiro atoms. The number of amides is 2. The number of aryl methyl sites for hydroxylation is 1. The standard InChI is InChI=1S/C17H17N5O3/c1-11(23)19-13-6-3-5-12(9-13)17(24)18-10-15-20-16(21-25-15)14-7-4-8-22(14)2/h3-9H,10H2,1-2H3,(H,18,24)(H,19,23). The van der Waals surface area contributed by atoms with Gasteiger partial charge in [0.25, 0.3) is 5.91 Å². The summed E-state index contributed by atoms with van der Waals surface area (Å²) in [5.41, 5.74) is 1.81. The number of aromatic nitrogens is 3. The molecule has 3 aromatic rings. The van der Waals surface area contributed by atoms with Crippen molar-refractivity contribution in [2.24, 2.45) is 7.05 Å². The van der Waals surface area contributed by atoms with Crippen LogP contribution in [0, 0.1) is 0 Å². The lowest BCUT2D eigenvalue weighted by molar-refractivity contribution is -0.114. The minimum Gasteiger partial charge on any atom is -0.348 e. The number of nitrogens with one attached hydrogen (secondary N) is 2. The fourth-order valence-corrected chi connectivity index (χ4v) is 2.32. The SMILES string of the molecule is CC(=O)Nc1cccc(C(=O)NCc2nc(-c3cccn3C)no2)c1. The van der Waals surface area contributed by atoms with E-state index in [1.165, 1.54) is 6.92 Å². The fourth-order valence-electron chi connectivity index (χ4n) is 2.32. The van der Waals surface area contributed by atoms with Crippen LogP contribution in [0.15, 0.2) is 47.1 Å². The zero-order valence-electron chi connectivity index (χ0n) is 13.8. The summed E-state index contributed by atoms with van der Waals surface area (Å²) >= 11 is 0. The number of hydrogen-bond donors (Lipinski definition) is 2. The van der Waals surface area contributed by atoms with Crippen LogP contribution in [0.4, 0.5) is 5.69 Å². The minimum absolute atomic E-state index is 0.112. The van der Waals surface area contributed by atoms with Crippen LogP contribution in [0.2, 0.25) is 0 Å². The molecule has 0 bridgehead atoms. The van der Waals surface area contributed by atoms with Gasteiger partial charge in [-0.1, -0.05) is 11.2 Å². The van der Waals surface area contributed by atoms with Gasteiger partial charge in [0.1, 0.15) is 0 Å². The molecule has 0 unspecified atom stereocenters. The van der Waals surface area contributed by atoms with E-state index >= 15 is 0 Å². The van der Waals surface area contributed by atoms with Gasteiger partial charge >= 0.3 is 0 Å². The summed E-state index contributed by atoms with van der Waals surface area (Å²) in [6, 6.07) is 10.4. The molecule has 128 valence electrons. The Kier molecular flexibility index (Phi) is 4.60. The first-order valence-electron chi connectivity index (χ1n) is 7.63. The van der Waals surface area contributed by atoms with Gasteiger partial charge in [-0.2, -0.15) is 4.98 Å². The number of carbonyl (C=O) groups is 2. The van der Waals surface area contributed by atoms with E-state index in [9.17, 15) is 9.59 Å². The molecule has 2 amide bonds. The molecule has 0 fully saturated rings. The van der Waals surface area contributed by atoms with Crippen molar-refractivity contribution in [2.45, 2.75) is 13.5 Å². The number of carbonyl (C=O) groups excluding carboxylic acids is 2. The molecule has 1 aromatic carbocycles. The molecule has 3 rings (SSSR count). The van der Waals surface area contributed by atoms with E-state index in [0.29, 0.717) is 23.0 Å². The van der Waals surface area contributed by atoms with Gasteiger partial charge in [0, 0.05) is 31.4 Å². The molecule has 0 radical (unpaired) electrons. The molecule has 0 aliphatic carbocycles. The van der Waals surface area contributed by atoms with Gasteiger partial charge in [-0.05, 0) is 30.3 Å². The molecule has 2 heterocycles. The largest absolute Gasteiger partial charge is 0.348 e. The van der Waals surface area contributed by atoms with Gasteiger partial charge in [-0.3, -0.25) is 9.59 Å². The van der Waals surface area contributed by atoms with Crippen LogP contribution < -0.4 is 10.6 Å². The van der Waals surface area contributed by atoms with Crippen LogP contribution in [0.3, 0.4) is 0 Å². The first kappa shape index (κ1) is 16.4. The molecule has 8 heteroatoms. The molecule has 2 N–H and O–H groups in total. The summed E-state index contributed by atoms with van der Waals surface area (Å²) in [5, 5.41) is 9.26. The summed E-state index contributed by atoms with van der Waals surface area (Å²) in [6.07, 6.45) is 1.88. The Morgan fingerprint density at radius 2 is 2.08 bits per heavy atom. The molecular formula is C17H17N5O3. The third kappa shape index (κ3) is 3.92. The average Bonchev–Trinajstić information content (AvgIpc) is 3.20. The number of rotatable bonds is 5. The van der Waals surface area contributed by atoms with Crippen molar-refractivity contribution >= 4 is 17.5 Å². The maximum absolute atomic E-state index is 12.2. The Hall–Kier alpha value is -3.42. The topological polar surface area (TPSA) is 102 Å². The predicted molar refractivity (Wildman–Crippen MR) is 90.6 cm³/mol. The maximum Gasteiger partial charge on any atom is 0.251 e. The lowest BCUT2D eigenvalue weighted by Gasteiger charge is -2.05. The fraction of sp³-hybridized carbons (Fsp3) is 0.176. The smallest absolute Gasteiger partial charge is 0.251 e. The van der Waals surface area contributed by atoms with Crippen molar-refractivity contribution in [3.05, 3.63) is 54.0 Å². The number of nitrogens with zero attached hydrogens (tertiary/aromatic N) is 3. The summed E-state index contributed by atoms with van der Waals surface area (Å²) < 4.78 is 7.04. The highest BCUT2D eigenvalue weighted by atomic mass is 16.5. The van der Waals surface area contributed by atoms with Crippen molar-refractivity contribution < 1.29 is 14.1 Å². The molecule has 25 heavy (non-hydrogen) atoms. The van der Waals surface area contributed by atoms with Crippen molar-refractivity contribution in [3.63, 3.8) is 0 Å². The van der Waals surface area contributed by atoms with Crippen LogP contribution in [0.1, 0.15) is 23.2 Å². The molecule has 2 aromatic heterocycles. The van der Waals surface area contributed by atoms with Crippen LogP contribution in [0.25, 0.3) is 11.5 Å². The van der Waals surface area contributed by atoms with Crippen molar-refractivity contribution in [2.75, 3.05) is 5.32 Å². The zero-order chi connectivity index (χ0) is 17.8. The Balaban J connectivity index is 1.64. The van der Waals surface area contributed by atoms with Gasteiger partial charge in [0.2, 0.25) is 17.6 Å². The normalized spacial score (nSPS) is 10.5. The number of anilines is 1. The lowest BCUT2D eigenvalue weighted by Crippen LogP contribution is -2.23. The highest BCUT2D eigenvalue weighted by molar-refractivity contribution is 5.96. The Bertz CT molecular complexity index is 912. The monoisotopic (exact) mass is 339 g/mol. The summed E-state index contributed by atoms with van der Waals surface area (Å²) in [5.74, 6) is 0.273. The van der Waals surface area contributed by atoms with Crippen LogP contribution in [0.5, 0.6) is 0 Å². The van der Waals surface area contributed by atoms with Crippen molar-refractivity contribution in [3.8, 4) is 11.5 Å². The summed E-state index contributed by atoms with van der Waals surface area (Å²) in [6.45, 7) is 1.52. The minimum atomic E-state index is -0.300. The Morgan fingerprint density at radius 1 is 1.24 bits per heavy atom. The van der Waals surface area contributed by atoms with Gasteiger partial charge in [0.05, 0.1) is 12.2 Å².